The molecule has 0 aliphatic heterocycles. The van der Waals surface area contributed by atoms with Gasteiger partial charge in [-0.25, -0.2) is 4.79 Å². The van der Waals surface area contributed by atoms with Crippen molar-refractivity contribution in [2.24, 2.45) is 0 Å². The molecule has 0 saturated heterocycles. The second-order valence-electron chi connectivity index (χ2n) is 6.50. The van der Waals surface area contributed by atoms with Crippen molar-refractivity contribution in [3.8, 4) is 11.5 Å². The smallest absolute Gasteiger partial charge is 0.338 e. The van der Waals surface area contributed by atoms with E-state index in [4.69, 9.17) is 14.2 Å². The van der Waals surface area contributed by atoms with E-state index in [1.54, 1.807) is 67.6 Å². The van der Waals surface area contributed by atoms with Gasteiger partial charge in [0, 0.05) is 11.1 Å². The zero-order valence-electron chi connectivity index (χ0n) is 17.0. The second-order valence-corrected chi connectivity index (χ2v) is 6.50. The number of methoxy groups -OCH3 is 2. The van der Waals surface area contributed by atoms with Crippen LogP contribution in [0.5, 0.6) is 11.5 Å². The third kappa shape index (κ3) is 4.60. The summed E-state index contributed by atoms with van der Waals surface area (Å²) in [5.74, 6) is 0.0244. The van der Waals surface area contributed by atoms with Gasteiger partial charge in [0.05, 0.1) is 25.5 Å². The molecule has 0 aromatic heterocycles. The molecule has 0 bridgehead atoms. The highest BCUT2D eigenvalue weighted by Gasteiger charge is 2.23. The highest BCUT2D eigenvalue weighted by atomic mass is 16.5. The number of carbonyl (C=O) groups excluding carboxylic acids is 2. The summed E-state index contributed by atoms with van der Waals surface area (Å²) < 4.78 is 16.5. The quantitative estimate of drug-likeness (QED) is 0.568. The number of anilines is 1. The first kappa shape index (κ1) is 20.9. The molecule has 3 aromatic rings. The summed E-state index contributed by atoms with van der Waals surface area (Å²) in [6.45, 7) is 1.74. The molecule has 6 heteroatoms. The zero-order chi connectivity index (χ0) is 21.5. The van der Waals surface area contributed by atoms with Gasteiger partial charge in [-0.15, -0.1) is 0 Å². The van der Waals surface area contributed by atoms with Crippen molar-refractivity contribution in [2.45, 2.75) is 13.0 Å². The van der Waals surface area contributed by atoms with Crippen LogP contribution in [0.2, 0.25) is 0 Å². The SMILES string of the molecule is COc1ccc([C@@H](C)OC(=O)c2ccccc2)c(NC(=O)c2ccccc2)c1OC. The van der Waals surface area contributed by atoms with Gasteiger partial charge >= 0.3 is 5.97 Å². The molecule has 0 heterocycles. The van der Waals surface area contributed by atoms with Gasteiger partial charge in [-0.3, -0.25) is 4.79 Å². The number of nitrogens with one attached hydrogen (secondary N) is 1. The van der Waals surface area contributed by atoms with Crippen molar-refractivity contribution in [1.82, 2.24) is 0 Å². The standard InChI is InChI=1S/C24H23NO5/c1-16(30-24(27)18-12-8-5-9-13-18)19-14-15-20(28-2)22(29-3)21(19)25-23(26)17-10-6-4-7-11-17/h4-16H,1-3H3,(H,25,26)/t16-/m1/s1. The number of esters is 1. The van der Waals surface area contributed by atoms with E-state index in [0.717, 1.165) is 0 Å². The van der Waals surface area contributed by atoms with Crippen molar-refractivity contribution in [3.63, 3.8) is 0 Å². The van der Waals surface area contributed by atoms with Crippen molar-refractivity contribution in [2.75, 3.05) is 19.5 Å². The first-order chi connectivity index (χ1) is 14.5. The molecular weight excluding hydrogens is 382 g/mol. The van der Waals surface area contributed by atoms with Crippen LogP contribution < -0.4 is 14.8 Å². The molecule has 0 fully saturated rings. The van der Waals surface area contributed by atoms with E-state index in [1.807, 2.05) is 12.1 Å². The molecule has 0 spiro atoms. The van der Waals surface area contributed by atoms with Crippen LogP contribution in [0.25, 0.3) is 0 Å². The maximum atomic E-state index is 12.8. The number of rotatable bonds is 7. The van der Waals surface area contributed by atoms with Crippen molar-refractivity contribution in [1.29, 1.82) is 0 Å². The van der Waals surface area contributed by atoms with Gasteiger partial charge in [-0.05, 0) is 43.3 Å². The number of ether oxygens (including phenoxy) is 3. The topological polar surface area (TPSA) is 73.9 Å². The predicted octanol–water partition coefficient (Wildman–Crippen LogP) is 4.87. The molecule has 3 aromatic carbocycles. The fourth-order valence-electron chi connectivity index (χ4n) is 3.05. The minimum atomic E-state index is -0.649. The summed E-state index contributed by atoms with van der Waals surface area (Å²) in [7, 11) is 3.00. The number of carbonyl (C=O) groups is 2. The number of hydrogen-bond donors (Lipinski definition) is 1. The average molecular weight is 405 g/mol. The molecule has 154 valence electrons. The lowest BCUT2D eigenvalue weighted by atomic mass is 10.1. The summed E-state index contributed by atoms with van der Waals surface area (Å²) in [5.41, 5.74) is 1.90. The highest BCUT2D eigenvalue weighted by molar-refractivity contribution is 6.05. The normalized spacial score (nSPS) is 11.3. The van der Waals surface area contributed by atoms with E-state index in [2.05, 4.69) is 5.32 Å². The van der Waals surface area contributed by atoms with E-state index >= 15 is 0 Å². The minimum Gasteiger partial charge on any atom is -0.493 e. The second kappa shape index (κ2) is 9.60. The summed E-state index contributed by atoms with van der Waals surface area (Å²) in [6, 6.07) is 21.0. The van der Waals surface area contributed by atoms with Crippen molar-refractivity contribution >= 4 is 17.6 Å². The Morgan fingerprint density at radius 3 is 1.97 bits per heavy atom. The first-order valence-corrected chi connectivity index (χ1v) is 9.42. The van der Waals surface area contributed by atoms with Gasteiger partial charge in [-0.2, -0.15) is 0 Å². The molecule has 6 nitrogen and oxygen atoms in total. The van der Waals surface area contributed by atoms with Crippen molar-refractivity contribution < 1.29 is 23.8 Å². The Bertz CT molecular complexity index is 1020. The van der Waals surface area contributed by atoms with E-state index in [1.165, 1.54) is 14.2 Å². The Labute approximate surface area is 175 Å². The van der Waals surface area contributed by atoms with E-state index < -0.39 is 12.1 Å². The predicted molar refractivity (Wildman–Crippen MR) is 114 cm³/mol. The molecule has 1 atom stereocenters. The Kier molecular flexibility index (Phi) is 6.70. The molecular formula is C24H23NO5. The fraction of sp³-hybridized carbons (Fsp3) is 0.167. The first-order valence-electron chi connectivity index (χ1n) is 9.42. The van der Waals surface area contributed by atoms with Crippen LogP contribution in [0.3, 0.4) is 0 Å². The molecule has 0 radical (unpaired) electrons. The lowest BCUT2D eigenvalue weighted by Crippen LogP contribution is -2.17. The molecule has 0 unspecified atom stereocenters. The Hall–Kier alpha value is -3.80. The van der Waals surface area contributed by atoms with Crippen LogP contribution in [0, 0.1) is 0 Å². The van der Waals surface area contributed by atoms with Gasteiger partial charge in [-0.1, -0.05) is 36.4 Å². The number of amides is 1. The largest absolute Gasteiger partial charge is 0.493 e. The van der Waals surface area contributed by atoms with Crippen molar-refractivity contribution in [3.05, 3.63) is 89.5 Å². The van der Waals surface area contributed by atoms with Gasteiger partial charge < -0.3 is 19.5 Å². The molecule has 3 rings (SSSR count). The summed E-state index contributed by atoms with van der Waals surface area (Å²) >= 11 is 0. The number of benzene rings is 3. The summed E-state index contributed by atoms with van der Waals surface area (Å²) in [6.07, 6.45) is -0.649. The maximum Gasteiger partial charge on any atom is 0.338 e. The highest BCUT2D eigenvalue weighted by Crippen LogP contribution is 2.41. The van der Waals surface area contributed by atoms with E-state index in [9.17, 15) is 9.59 Å². The third-order valence-corrected chi connectivity index (χ3v) is 4.58. The van der Waals surface area contributed by atoms with Crippen LogP contribution in [0.1, 0.15) is 39.3 Å². The van der Waals surface area contributed by atoms with Gasteiger partial charge in [0.15, 0.2) is 11.5 Å². The van der Waals surface area contributed by atoms with Gasteiger partial charge in [0.25, 0.3) is 5.91 Å². The van der Waals surface area contributed by atoms with Gasteiger partial charge in [0.1, 0.15) is 6.10 Å². The fourth-order valence-corrected chi connectivity index (χ4v) is 3.05. The van der Waals surface area contributed by atoms with E-state index in [-0.39, 0.29) is 5.91 Å². The maximum absolute atomic E-state index is 12.8. The molecule has 1 N–H and O–H groups in total. The monoisotopic (exact) mass is 405 g/mol. The van der Waals surface area contributed by atoms with Crippen LogP contribution >= 0.6 is 0 Å². The van der Waals surface area contributed by atoms with Crippen LogP contribution in [0.4, 0.5) is 5.69 Å². The Balaban J connectivity index is 1.95. The molecule has 0 saturated carbocycles. The van der Waals surface area contributed by atoms with E-state index in [0.29, 0.717) is 33.9 Å². The summed E-state index contributed by atoms with van der Waals surface area (Å²) in [5, 5.41) is 2.88. The zero-order valence-corrected chi connectivity index (χ0v) is 17.0. The third-order valence-electron chi connectivity index (χ3n) is 4.58. The number of hydrogen-bond acceptors (Lipinski definition) is 5. The van der Waals surface area contributed by atoms with Crippen LogP contribution in [0.15, 0.2) is 72.8 Å². The van der Waals surface area contributed by atoms with Gasteiger partial charge in [0.2, 0.25) is 0 Å². The lowest BCUT2D eigenvalue weighted by molar-refractivity contribution is 0.0339. The Morgan fingerprint density at radius 2 is 1.40 bits per heavy atom. The molecule has 30 heavy (non-hydrogen) atoms. The average Bonchev–Trinajstić information content (AvgIpc) is 2.79. The molecule has 1 amide bonds. The van der Waals surface area contributed by atoms with Crippen LogP contribution in [-0.2, 0) is 4.74 Å². The van der Waals surface area contributed by atoms with Crippen LogP contribution in [-0.4, -0.2) is 26.1 Å². The molecule has 0 aliphatic carbocycles. The molecule has 0 aliphatic rings. The minimum absolute atomic E-state index is 0.315. The lowest BCUT2D eigenvalue weighted by Gasteiger charge is -2.21. The summed E-state index contributed by atoms with van der Waals surface area (Å²) in [4.78, 5) is 25.3. The Morgan fingerprint density at radius 1 is 0.800 bits per heavy atom.